The zero-order chi connectivity index (χ0) is 5.86. The van der Waals surface area contributed by atoms with Crippen molar-refractivity contribution in [2.75, 3.05) is 0 Å². The Bertz CT molecular complexity index is 79.1. The third-order valence-electron chi connectivity index (χ3n) is 0.397. The molecule has 0 heterocycles. The Labute approximate surface area is 65.0 Å². The van der Waals surface area contributed by atoms with Crippen LogP contribution < -0.4 is 23.3 Å². The number of halogens is 2. The Hall–Kier alpha value is -0.430. The van der Waals surface area contributed by atoms with E-state index in [1.165, 1.54) is 0 Å². The molecule has 58 valence electrons. The molecule has 0 spiro atoms. The second kappa shape index (κ2) is 7.57. The molecular formula is CH10Cl2N6. The fraction of sp³-hybridized carbons (Fsp3) is 0. The van der Waals surface area contributed by atoms with E-state index < -0.39 is 0 Å². The maximum atomic E-state index is 4.92. The molecule has 0 saturated carbocycles. The van der Waals surface area contributed by atoms with Crippen LogP contribution in [-0.2, 0) is 0 Å². The van der Waals surface area contributed by atoms with Gasteiger partial charge in [-0.3, -0.25) is 0 Å². The number of hydrazine groups is 2. The highest BCUT2D eigenvalue weighted by Gasteiger charge is 1.88. The monoisotopic (exact) mass is 176 g/mol. The first-order valence-corrected chi connectivity index (χ1v) is 1.51. The molecule has 6 nitrogen and oxygen atoms in total. The number of hydrogen-bond donors (Lipinski definition) is 4. The highest BCUT2D eigenvalue weighted by atomic mass is 35.5. The average molecular weight is 177 g/mol. The maximum absolute atomic E-state index is 4.92. The lowest BCUT2D eigenvalue weighted by Gasteiger charge is -2.06. The normalized spacial score (nSPS) is 8.89. The smallest absolute Gasteiger partial charge is 0.242 e. The first-order chi connectivity index (χ1) is 3.18. The summed E-state index contributed by atoms with van der Waals surface area (Å²) >= 11 is 0. The fourth-order valence-electron chi connectivity index (χ4n) is 0.0667. The summed E-state index contributed by atoms with van der Waals surface area (Å²) in [6.45, 7) is 0. The molecule has 0 bridgehead atoms. The largest absolute Gasteiger partial charge is 0.366 e. The van der Waals surface area contributed by atoms with Crippen LogP contribution in [-0.4, -0.2) is 11.1 Å². The minimum atomic E-state index is -0.111. The van der Waals surface area contributed by atoms with E-state index in [0.29, 0.717) is 5.12 Å². The second-order valence-electron chi connectivity index (χ2n) is 0.895. The Kier molecular flexibility index (Phi) is 13.3. The molecule has 0 aliphatic rings. The van der Waals surface area contributed by atoms with Gasteiger partial charge in [0.25, 0.3) is 0 Å². The Morgan fingerprint density at radius 3 is 1.56 bits per heavy atom. The summed E-state index contributed by atoms with van der Waals surface area (Å²) in [5.41, 5.74) is 4.92. The van der Waals surface area contributed by atoms with E-state index in [1.807, 2.05) is 0 Å². The molecule has 0 unspecified atom stereocenters. The van der Waals surface area contributed by atoms with Crippen molar-refractivity contribution in [1.82, 2.24) is 5.12 Å². The standard InChI is InChI=1S/CH8N6.2ClH/c2-1(6-3)7(4)5;;/h3-5H2,(H2,2,6);2*1H. The topological polar surface area (TPSA) is 120 Å². The summed E-state index contributed by atoms with van der Waals surface area (Å²) in [7, 11) is 0. The predicted octanol–water partition coefficient (Wildman–Crippen LogP) is -1.93. The fourth-order valence-corrected chi connectivity index (χ4v) is 0.0667. The SMILES string of the molecule is Cl.Cl.NN=C(N)N(N)N. The first kappa shape index (κ1) is 15.8. The molecule has 0 aromatic rings. The van der Waals surface area contributed by atoms with E-state index in [2.05, 4.69) is 10.9 Å². The molecule has 0 aliphatic heterocycles. The number of guanidine groups is 1. The molecule has 0 rings (SSSR count). The summed E-state index contributed by atoms with van der Waals surface area (Å²) in [5.74, 6) is 14.2. The van der Waals surface area contributed by atoms with Crippen molar-refractivity contribution < 1.29 is 0 Å². The summed E-state index contributed by atoms with van der Waals surface area (Å²) < 4.78 is 0. The lowest BCUT2D eigenvalue weighted by molar-refractivity contribution is 0.457. The molecule has 0 fully saturated rings. The summed E-state index contributed by atoms with van der Waals surface area (Å²) in [6, 6.07) is 0. The molecule has 0 radical (unpaired) electrons. The van der Waals surface area contributed by atoms with Crippen LogP contribution in [0.25, 0.3) is 0 Å². The Morgan fingerprint density at radius 2 is 1.56 bits per heavy atom. The Balaban J connectivity index is -0.000000180. The number of rotatable bonds is 0. The van der Waals surface area contributed by atoms with E-state index in [-0.39, 0.29) is 30.8 Å². The van der Waals surface area contributed by atoms with Crippen LogP contribution in [0.15, 0.2) is 5.10 Å². The minimum absolute atomic E-state index is 0. The first-order valence-electron chi connectivity index (χ1n) is 1.51. The molecule has 0 aromatic heterocycles. The van der Waals surface area contributed by atoms with Crippen molar-refractivity contribution in [2.45, 2.75) is 0 Å². The predicted molar refractivity (Wildman–Crippen MR) is 40.5 cm³/mol. The van der Waals surface area contributed by atoms with Crippen LogP contribution in [0.1, 0.15) is 0 Å². The van der Waals surface area contributed by atoms with E-state index in [4.69, 9.17) is 17.4 Å². The van der Waals surface area contributed by atoms with Gasteiger partial charge in [-0.1, -0.05) is 0 Å². The molecule has 0 amide bonds. The van der Waals surface area contributed by atoms with Gasteiger partial charge in [-0.15, -0.1) is 29.9 Å². The van der Waals surface area contributed by atoms with Gasteiger partial charge in [0.1, 0.15) is 0 Å². The van der Waals surface area contributed by atoms with Gasteiger partial charge in [0.2, 0.25) is 5.96 Å². The maximum Gasteiger partial charge on any atom is 0.242 e. The van der Waals surface area contributed by atoms with E-state index in [9.17, 15) is 0 Å². The molecule has 9 heavy (non-hydrogen) atoms. The summed E-state index contributed by atoms with van der Waals surface area (Å²) in [5, 5.41) is 3.58. The third-order valence-corrected chi connectivity index (χ3v) is 0.397. The molecule has 8 heteroatoms. The molecular weight excluding hydrogens is 167 g/mol. The Morgan fingerprint density at radius 1 is 1.22 bits per heavy atom. The average Bonchev–Trinajstić information content (AvgIpc) is 1.65. The second-order valence-corrected chi connectivity index (χ2v) is 0.895. The highest BCUT2D eigenvalue weighted by Crippen LogP contribution is 1.55. The van der Waals surface area contributed by atoms with Crippen molar-refractivity contribution in [3.05, 3.63) is 0 Å². The lowest BCUT2D eigenvalue weighted by atomic mass is 11.0. The van der Waals surface area contributed by atoms with Gasteiger partial charge in [-0.2, -0.15) is 0 Å². The molecule has 0 atom stereocenters. The number of nitrogens with zero attached hydrogens (tertiary/aromatic N) is 2. The zero-order valence-electron chi connectivity index (χ0n) is 4.52. The summed E-state index contributed by atoms with van der Waals surface area (Å²) in [4.78, 5) is 0. The van der Waals surface area contributed by atoms with Crippen molar-refractivity contribution >= 4 is 30.8 Å². The van der Waals surface area contributed by atoms with E-state index in [1.54, 1.807) is 0 Å². The molecule has 8 N–H and O–H groups in total. The quantitative estimate of drug-likeness (QED) is 0.148. The highest BCUT2D eigenvalue weighted by molar-refractivity contribution is 5.85. The van der Waals surface area contributed by atoms with Crippen LogP contribution in [0.4, 0.5) is 0 Å². The molecule has 0 aliphatic carbocycles. The number of hydrogen-bond acceptors (Lipinski definition) is 4. The third kappa shape index (κ3) is 7.57. The van der Waals surface area contributed by atoms with Crippen LogP contribution in [0.3, 0.4) is 0 Å². The van der Waals surface area contributed by atoms with Gasteiger partial charge in [0, 0.05) is 0 Å². The van der Waals surface area contributed by atoms with Gasteiger partial charge >= 0.3 is 0 Å². The minimum Gasteiger partial charge on any atom is -0.366 e. The van der Waals surface area contributed by atoms with Gasteiger partial charge in [-0.25, -0.2) is 16.8 Å². The van der Waals surface area contributed by atoms with Crippen LogP contribution >= 0.6 is 24.8 Å². The summed E-state index contributed by atoms with van der Waals surface area (Å²) in [6.07, 6.45) is 0. The van der Waals surface area contributed by atoms with Crippen LogP contribution in [0, 0.1) is 0 Å². The van der Waals surface area contributed by atoms with Crippen LogP contribution in [0.5, 0.6) is 0 Å². The lowest BCUT2D eigenvalue weighted by Crippen LogP contribution is -2.48. The molecule has 0 aromatic carbocycles. The molecule has 0 saturated heterocycles. The number of hydrazone groups is 1. The van der Waals surface area contributed by atoms with E-state index >= 15 is 0 Å². The van der Waals surface area contributed by atoms with Crippen molar-refractivity contribution in [1.29, 1.82) is 0 Å². The van der Waals surface area contributed by atoms with Gasteiger partial charge in [0.05, 0.1) is 0 Å². The van der Waals surface area contributed by atoms with Gasteiger partial charge in [-0.05, 0) is 0 Å². The van der Waals surface area contributed by atoms with Crippen molar-refractivity contribution in [3.8, 4) is 0 Å². The van der Waals surface area contributed by atoms with Crippen LogP contribution in [0.2, 0.25) is 0 Å². The van der Waals surface area contributed by atoms with Gasteiger partial charge < -0.3 is 11.6 Å². The van der Waals surface area contributed by atoms with Gasteiger partial charge in [0.15, 0.2) is 0 Å². The van der Waals surface area contributed by atoms with Crippen molar-refractivity contribution in [2.24, 2.45) is 28.4 Å². The van der Waals surface area contributed by atoms with E-state index in [0.717, 1.165) is 0 Å². The van der Waals surface area contributed by atoms with Crippen molar-refractivity contribution in [3.63, 3.8) is 0 Å². The number of nitrogens with two attached hydrogens (primary N) is 4. The zero-order valence-corrected chi connectivity index (χ0v) is 6.15.